The van der Waals surface area contributed by atoms with Crippen LogP contribution in [0.4, 0.5) is 0 Å². The molecule has 0 atom stereocenters. The Morgan fingerprint density at radius 3 is 0.591 bits per heavy atom. The minimum atomic E-state index is 0. The van der Waals surface area contributed by atoms with Crippen LogP contribution in [0, 0.1) is 17.8 Å². The predicted molar refractivity (Wildman–Crippen MR) is 92.6 cm³/mol. The van der Waals surface area contributed by atoms with E-state index in [-0.39, 0.29) is 46.0 Å². The molecule has 0 bridgehead atoms. The van der Waals surface area contributed by atoms with Crippen LogP contribution in [0.15, 0.2) is 0 Å². The van der Waals surface area contributed by atoms with Crippen molar-refractivity contribution in [2.45, 2.75) is 80.1 Å². The molecular weight excluding hydrogens is 473 g/mol. The van der Waals surface area contributed by atoms with E-state index in [9.17, 15) is 15.3 Å². The molecule has 0 aliphatic rings. The van der Waals surface area contributed by atoms with Crippen molar-refractivity contribution in [2.75, 3.05) is 19.8 Å². The third-order valence-corrected chi connectivity index (χ3v) is 4.17. The van der Waals surface area contributed by atoms with Gasteiger partial charge in [0.1, 0.15) is 0 Å². The summed E-state index contributed by atoms with van der Waals surface area (Å²) in [5.41, 5.74) is 0. The molecule has 3 nitrogen and oxygen atoms in total. The summed E-state index contributed by atoms with van der Waals surface area (Å²) in [4.78, 5) is 0. The summed E-state index contributed by atoms with van der Waals surface area (Å²) < 4.78 is 0. The van der Waals surface area contributed by atoms with Crippen LogP contribution in [0.5, 0.6) is 0 Å². The van der Waals surface area contributed by atoms with Gasteiger partial charge in [0.25, 0.3) is 0 Å². The van der Waals surface area contributed by atoms with E-state index in [0.717, 1.165) is 38.5 Å². The first-order valence-corrected chi connectivity index (χ1v) is 8.78. The van der Waals surface area contributed by atoms with E-state index >= 15 is 0 Å². The van der Waals surface area contributed by atoms with E-state index in [1.54, 1.807) is 0 Å². The van der Waals surface area contributed by atoms with Crippen LogP contribution in [-0.4, -0.2) is 46.0 Å². The largest absolute Gasteiger partial charge is 3.00 e. The van der Waals surface area contributed by atoms with Crippen molar-refractivity contribution in [1.29, 1.82) is 0 Å². The molecule has 0 rings (SSSR count). The predicted octanol–water partition coefficient (Wildman–Crippen LogP) is 1.97. The van der Waals surface area contributed by atoms with Crippen molar-refractivity contribution in [3.8, 4) is 0 Å². The first-order chi connectivity index (χ1) is 10.0. The summed E-state index contributed by atoms with van der Waals surface area (Å²) in [6.45, 7) is 12.7. The topological polar surface area (TPSA) is 69.2 Å². The van der Waals surface area contributed by atoms with Gasteiger partial charge in [0.15, 0.2) is 0 Å². The first-order valence-electron chi connectivity index (χ1n) is 8.78. The van der Waals surface area contributed by atoms with Gasteiger partial charge in [-0.05, 0) is 0 Å². The average molecular weight is 512 g/mol. The van der Waals surface area contributed by atoms with Crippen molar-refractivity contribution in [3.05, 3.63) is 0 Å². The van der Waals surface area contributed by atoms with Crippen molar-refractivity contribution >= 4 is 26.2 Å². The van der Waals surface area contributed by atoms with Gasteiger partial charge in [-0.2, -0.15) is 0 Å². The number of rotatable bonds is 9. The third-order valence-electron chi connectivity index (χ3n) is 4.17. The van der Waals surface area contributed by atoms with Crippen molar-refractivity contribution in [3.63, 3.8) is 0 Å². The summed E-state index contributed by atoms with van der Waals surface area (Å²) in [6, 6.07) is 0. The van der Waals surface area contributed by atoms with Crippen molar-refractivity contribution in [2.24, 2.45) is 17.8 Å². The van der Waals surface area contributed by atoms with Gasteiger partial charge in [0.05, 0.1) is 0 Å². The molecule has 0 heterocycles. The molecule has 0 spiro atoms. The Balaban J connectivity index is -0.000000108. The van der Waals surface area contributed by atoms with E-state index in [4.69, 9.17) is 0 Å². The molecule has 22 heavy (non-hydrogen) atoms. The molecule has 0 aromatic carbocycles. The second-order valence-corrected chi connectivity index (χ2v) is 5.55. The average Bonchev–Trinajstić information content (AvgIpc) is 2.54. The molecule has 0 aliphatic heterocycles. The molecule has 0 aliphatic carbocycles. The molecule has 4 heteroatoms. The van der Waals surface area contributed by atoms with Gasteiger partial charge in [-0.15, -0.1) is 19.8 Å². The summed E-state index contributed by atoms with van der Waals surface area (Å²) in [5, 5.41) is 30.3. The Kier molecular flexibility index (Phi) is 37.1. The van der Waals surface area contributed by atoms with Crippen LogP contribution >= 0.6 is 0 Å². The Labute approximate surface area is 159 Å². The summed E-state index contributed by atoms with van der Waals surface area (Å²) in [7, 11) is 0. The minimum absolute atomic E-state index is 0. The van der Waals surface area contributed by atoms with E-state index < -0.39 is 0 Å². The van der Waals surface area contributed by atoms with Crippen LogP contribution in [-0.2, 0) is 0 Å². The molecule has 0 unspecified atom stereocenters. The van der Waals surface area contributed by atoms with Gasteiger partial charge in [-0.3, -0.25) is 0 Å². The van der Waals surface area contributed by atoms with Crippen LogP contribution in [0.1, 0.15) is 80.1 Å². The monoisotopic (exact) mass is 512 g/mol. The fourth-order valence-corrected chi connectivity index (χ4v) is 1.57. The number of hydrogen-bond acceptors (Lipinski definition) is 3. The van der Waals surface area contributed by atoms with Gasteiger partial charge in [0.2, 0.25) is 0 Å². The Morgan fingerprint density at radius 1 is 0.455 bits per heavy atom. The third kappa shape index (κ3) is 23.0. The maximum atomic E-state index is 10.1. The zero-order valence-electron chi connectivity index (χ0n) is 15.8. The zero-order chi connectivity index (χ0) is 17.1. The smallest absolute Gasteiger partial charge is 0.854 e. The van der Waals surface area contributed by atoms with Crippen molar-refractivity contribution in [1.82, 2.24) is 0 Å². The van der Waals surface area contributed by atoms with Gasteiger partial charge in [-0.1, -0.05) is 97.8 Å². The van der Waals surface area contributed by atoms with E-state index in [1.165, 1.54) is 0 Å². The molecule has 0 saturated heterocycles. The molecule has 0 fully saturated rings. The Hall–Kier alpha value is 0.763. The maximum Gasteiger partial charge on any atom is 3.00 e. The second-order valence-electron chi connectivity index (χ2n) is 5.55. The quantitative estimate of drug-likeness (QED) is 0.444. The van der Waals surface area contributed by atoms with Gasteiger partial charge >= 0.3 is 26.2 Å². The van der Waals surface area contributed by atoms with Crippen molar-refractivity contribution < 1.29 is 15.3 Å². The van der Waals surface area contributed by atoms with Crippen LogP contribution in [0.25, 0.3) is 0 Å². The fourth-order valence-electron chi connectivity index (χ4n) is 1.57. The number of hydrogen-bond donors (Lipinski definition) is 0. The standard InChI is InChI=1S/3C6H13O.Bi/c3*1-3-6(4-2)5-7;/h3*6H,3-5H2,1-2H3;/q3*-1;+3. The van der Waals surface area contributed by atoms with E-state index in [1.807, 2.05) is 0 Å². The van der Waals surface area contributed by atoms with Gasteiger partial charge < -0.3 is 15.3 Å². The Morgan fingerprint density at radius 2 is 0.591 bits per heavy atom. The van der Waals surface area contributed by atoms with E-state index in [2.05, 4.69) is 41.5 Å². The summed E-state index contributed by atoms with van der Waals surface area (Å²) >= 11 is 0. The zero-order valence-corrected chi connectivity index (χ0v) is 19.2. The van der Waals surface area contributed by atoms with Crippen LogP contribution < -0.4 is 15.3 Å². The molecular formula is C18H39BiO3. The molecule has 134 valence electrons. The maximum absolute atomic E-state index is 10.1. The molecule has 2 radical (unpaired) electrons. The summed E-state index contributed by atoms with van der Waals surface area (Å²) in [5.74, 6) is 1.29. The molecule has 0 aromatic rings. The fraction of sp³-hybridized carbons (Fsp3) is 1.00. The molecule has 0 aromatic heterocycles. The van der Waals surface area contributed by atoms with E-state index in [0.29, 0.717) is 17.8 Å². The van der Waals surface area contributed by atoms with Gasteiger partial charge in [0, 0.05) is 0 Å². The SMILES string of the molecule is CCC(CC)C[O-].CCC(CC)C[O-].CCC(CC)C[O-].[Bi+3]. The first kappa shape index (κ1) is 30.6. The molecule has 0 amide bonds. The normalized spacial score (nSPS) is 9.82. The minimum Gasteiger partial charge on any atom is -0.854 e. The van der Waals surface area contributed by atoms with Gasteiger partial charge in [-0.25, -0.2) is 0 Å². The molecule has 0 saturated carbocycles. The molecule has 0 N–H and O–H groups in total. The second kappa shape index (κ2) is 26.6. The summed E-state index contributed by atoms with van der Waals surface area (Å²) in [6.07, 6.45) is 6.25. The van der Waals surface area contributed by atoms with Crippen LogP contribution in [0.3, 0.4) is 0 Å². The Bertz CT molecular complexity index is 111. The van der Waals surface area contributed by atoms with Crippen LogP contribution in [0.2, 0.25) is 0 Å².